The van der Waals surface area contributed by atoms with Gasteiger partial charge in [-0.1, -0.05) is 42.5 Å². The van der Waals surface area contributed by atoms with Crippen molar-refractivity contribution in [3.05, 3.63) is 66.2 Å². The smallest absolute Gasteiger partial charge is 0.322 e. The molecule has 0 radical (unpaired) electrons. The van der Waals surface area contributed by atoms with Gasteiger partial charge in [0, 0.05) is 30.6 Å². The van der Waals surface area contributed by atoms with Crippen LogP contribution in [0.2, 0.25) is 0 Å². The molecule has 0 saturated heterocycles. The summed E-state index contributed by atoms with van der Waals surface area (Å²) in [6, 6.07) is 17.5. The predicted octanol–water partition coefficient (Wildman–Crippen LogP) is 5.19. The molecular formula is C25H26N2O4. The number of hydrogen-bond donors (Lipinski definition) is 1. The van der Waals surface area contributed by atoms with Crippen LogP contribution in [0.15, 0.2) is 60.7 Å². The Morgan fingerprint density at radius 2 is 1.65 bits per heavy atom. The van der Waals surface area contributed by atoms with E-state index in [1.54, 1.807) is 26.2 Å². The standard InChI is InChI=1S/C25H26N2O4/c1-29-19-15-22(30-2)24(23(16-19)31-3)18-11-13-27(14-12-18)25(28)26-21-10-6-8-17-7-4-5-9-20(17)21/h4-11,15-16H,12-14H2,1-3H3,(H,26,28). The molecule has 3 aromatic rings. The van der Waals surface area contributed by atoms with Crippen LogP contribution in [0, 0.1) is 0 Å². The second kappa shape index (κ2) is 9.00. The van der Waals surface area contributed by atoms with Crippen molar-refractivity contribution in [1.29, 1.82) is 0 Å². The second-order valence-corrected chi connectivity index (χ2v) is 7.29. The molecule has 160 valence electrons. The van der Waals surface area contributed by atoms with Crippen LogP contribution in [0.4, 0.5) is 10.5 Å². The Morgan fingerprint density at radius 1 is 0.935 bits per heavy atom. The molecule has 1 aliphatic rings. The van der Waals surface area contributed by atoms with E-state index in [2.05, 4.69) is 11.4 Å². The predicted molar refractivity (Wildman–Crippen MR) is 123 cm³/mol. The number of ether oxygens (including phenoxy) is 3. The molecule has 0 unspecified atom stereocenters. The van der Waals surface area contributed by atoms with Gasteiger partial charge in [-0.2, -0.15) is 0 Å². The number of anilines is 1. The van der Waals surface area contributed by atoms with Crippen LogP contribution in [-0.4, -0.2) is 45.3 Å². The number of fused-ring (bicyclic) bond motifs is 1. The molecule has 0 bridgehead atoms. The van der Waals surface area contributed by atoms with E-state index in [9.17, 15) is 4.79 Å². The van der Waals surface area contributed by atoms with Crippen molar-refractivity contribution in [2.45, 2.75) is 6.42 Å². The third-order valence-electron chi connectivity index (χ3n) is 5.56. The molecule has 0 spiro atoms. The van der Waals surface area contributed by atoms with E-state index in [-0.39, 0.29) is 6.03 Å². The SMILES string of the molecule is COc1cc(OC)c(C2=CCN(C(=O)Nc3cccc4ccccc34)CC2)c(OC)c1. The first kappa shape index (κ1) is 20.6. The van der Waals surface area contributed by atoms with Gasteiger partial charge in [0.2, 0.25) is 0 Å². The molecule has 0 aliphatic carbocycles. The Labute approximate surface area is 182 Å². The van der Waals surface area contributed by atoms with E-state index < -0.39 is 0 Å². The lowest BCUT2D eigenvalue weighted by Crippen LogP contribution is -2.38. The average Bonchev–Trinajstić information content (AvgIpc) is 2.83. The number of carbonyl (C=O) groups is 1. The maximum absolute atomic E-state index is 12.9. The fourth-order valence-electron chi connectivity index (χ4n) is 3.93. The van der Waals surface area contributed by atoms with Gasteiger partial charge in [0.05, 0.1) is 32.6 Å². The summed E-state index contributed by atoms with van der Waals surface area (Å²) in [5, 5.41) is 5.19. The summed E-state index contributed by atoms with van der Waals surface area (Å²) >= 11 is 0. The molecule has 2 amide bonds. The normalized spacial score (nSPS) is 13.5. The number of methoxy groups -OCH3 is 3. The lowest BCUT2D eigenvalue weighted by atomic mass is 9.97. The van der Waals surface area contributed by atoms with Gasteiger partial charge in [-0.25, -0.2) is 4.79 Å². The van der Waals surface area contributed by atoms with Crippen molar-refractivity contribution in [2.24, 2.45) is 0 Å². The maximum Gasteiger partial charge on any atom is 0.322 e. The Bertz CT molecular complexity index is 1110. The first-order chi connectivity index (χ1) is 15.1. The van der Waals surface area contributed by atoms with Gasteiger partial charge in [-0.05, 0) is 23.4 Å². The Kier molecular flexibility index (Phi) is 5.98. The lowest BCUT2D eigenvalue weighted by Gasteiger charge is -2.28. The highest BCUT2D eigenvalue weighted by molar-refractivity contribution is 6.01. The van der Waals surface area contributed by atoms with Crippen LogP contribution in [0.25, 0.3) is 16.3 Å². The fraction of sp³-hybridized carbons (Fsp3) is 0.240. The lowest BCUT2D eigenvalue weighted by molar-refractivity contribution is 0.217. The van der Waals surface area contributed by atoms with E-state index in [1.165, 1.54) is 0 Å². The van der Waals surface area contributed by atoms with Crippen LogP contribution in [0.5, 0.6) is 17.2 Å². The van der Waals surface area contributed by atoms with Gasteiger partial charge < -0.3 is 24.4 Å². The zero-order valence-electron chi connectivity index (χ0n) is 18.0. The zero-order chi connectivity index (χ0) is 21.8. The number of rotatable bonds is 5. The van der Waals surface area contributed by atoms with Crippen molar-refractivity contribution >= 4 is 28.1 Å². The molecule has 6 heteroatoms. The summed E-state index contributed by atoms with van der Waals surface area (Å²) in [5.41, 5.74) is 2.81. The maximum atomic E-state index is 12.9. The summed E-state index contributed by atoms with van der Waals surface area (Å²) in [7, 11) is 4.87. The highest BCUT2D eigenvalue weighted by atomic mass is 16.5. The van der Waals surface area contributed by atoms with Crippen LogP contribution in [0.1, 0.15) is 12.0 Å². The number of carbonyl (C=O) groups excluding carboxylic acids is 1. The van der Waals surface area contributed by atoms with Crippen LogP contribution in [-0.2, 0) is 0 Å². The molecule has 31 heavy (non-hydrogen) atoms. The summed E-state index contributed by atoms with van der Waals surface area (Å²) in [6.45, 7) is 1.10. The second-order valence-electron chi connectivity index (χ2n) is 7.29. The number of amides is 2. The summed E-state index contributed by atoms with van der Waals surface area (Å²) < 4.78 is 16.5. The molecule has 0 atom stereocenters. The third-order valence-corrected chi connectivity index (χ3v) is 5.56. The quantitative estimate of drug-likeness (QED) is 0.620. The molecule has 1 N–H and O–H groups in total. The fourth-order valence-corrected chi connectivity index (χ4v) is 3.93. The summed E-state index contributed by atoms with van der Waals surface area (Å²) in [5.74, 6) is 2.05. The van der Waals surface area contributed by atoms with Crippen LogP contribution < -0.4 is 19.5 Å². The highest BCUT2D eigenvalue weighted by Crippen LogP contribution is 2.40. The van der Waals surface area contributed by atoms with Gasteiger partial charge >= 0.3 is 6.03 Å². The molecule has 0 saturated carbocycles. The number of hydrogen-bond acceptors (Lipinski definition) is 4. The minimum Gasteiger partial charge on any atom is -0.496 e. The van der Waals surface area contributed by atoms with Gasteiger partial charge in [0.25, 0.3) is 0 Å². The Hall–Kier alpha value is -3.67. The van der Waals surface area contributed by atoms with Gasteiger partial charge in [0.1, 0.15) is 17.2 Å². The monoisotopic (exact) mass is 418 g/mol. The molecule has 0 aromatic heterocycles. The van der Waals surface area contributed by atoms with Crippen LogP contribution >= 0.6 is 0 Å². The number of nitrogens with zero attached hydrogens (tertiary/aromatic N) is 1. The van der Waals surface area contributed by atoms with Gasteiger partial charge in [-0.15, -0.1) is 0 Å². The first-order valence-corrected chi connectivity index (χ1v) is 10.2. The molecule has 4 rings (SSSR count). The van der Waals surface area contributed by atoms with Crippen LogP contribution in [0.3, 0.4) is 0 Å². The largest absolute Gasteiger partial charge is 0.496 e. The number of nitrogens with one attached hydrogen (secondary N) is 1. The van der Waals surface area contributed by atoms with E-state index >= 15 is 0 Å². The topological polar surface area (TPSA) is 60.0 Å². The summed E-state index contributed by atoms with van der Waals surface area (Å²) in [6.07, 6.45) is 2.75. The van der Waals surface area contributed by atoms with E-state index in [0.717, 1.165) is 27.6 Å². The number of benzene rings is 3. The molecule has 1 aliphatic heterocycles. The Balaban J connectivity index is 1.54. The minimum atomic E-state index is -0.111. The molecule has 0 fully saturated rings. The van der Waals surface area contributed by atoms with Gasteiger partial charge in [-0.3, -0.25) is 0 Å². The molecular weight excluding hydrogens is 392 g/mol. The molecule has 1 heterocycles. The van der Waals surface area contributed by atoms with Crippen molar-refractivity contribution in [3.8, 4) is 17.2 Å². The van der Waals surface area contributed by atoms with Crippen molar-refractivity contribution < 1.29 is 19.0 Å². The van der Waals surface area contributed by atoms with E-state index in [0.29, 0.717) is 36.8 Å². The molecule has 6 nitrogen and oxygen atoms in total. The highest BCUT2D eigenvalue weighted by Gasteiger charge is 2.23. The van der Waals surface area contributed by atoms with Crippen molar-refractivity contribution in [2.75, 3.05) is 39.7 Å². The van der Waals surface area contributed by atoms with Gasteiger partial charge in [0.15, 0.2) is 0 Å². The minimum absolute atomic E-state index is 0.111. The van der Waals surface area contributed by atoms with Crippen molar-refractivity contribution in [3.63, 3.8) is 0 Å². The van der Waals surface area contributed by atoms with E-state index in [1.807, 2.05) is 54.6 Å². The Morgan fingerprint density at radius 3 is 2.29 bits per heavy atom. The van der Waals surface area contributed by atoms with Crippen molar-refractivity contribution in [1.82, 2.24) is 4.90 Å². The molecule has 3 aromatic carbocycles. The summed E-state index contributed by atoms with van der Waals surface area (Å²) in [4.78, 5) is 14.7. The third kappa shape index (κ3) is 4.14. The zero-order valence-corrected chi connectivity index (χ0v) is 18.0. The van der Waals surface area contributed by atoms with E-state index in [4.69, 9.17) is 14.2 Å². The average molecular weight is 418 g/mol. The number of urea groups is 1. The first-order valence-electron chi connectivity index (χ1n) is 10.2.